The van der Waals surface area contributed by atoms with Crippen LogP contribution in [0.25, 0.3) is 22.1 Å². The zero-order chi connectivity index (χ0) is 22.7. The smallest absolute Gasteiger partial charge is 0.344 e. The lowest BCUT2D eigenvalue weighted by Gasteiger charge is -2.15. The molecule has 0 unspecified atom stereocenters. The molecular formula is C25H28O8. The quantitative estimate of drug-likeness (QED) is 0.516. The fourth-order valence-corrected chi connectivity index (χ4v) is 3.35. The third-order valence-corrected chi connectivity index (χ3v) is 4.98. The van der Waals surface area contributed by atoms with Crippen molar-refractivity contribution in [3.63, 3.8) is 0 Å². The summed E-state index contributed by atoms with van der Waals surface area (Å²) in [6, 6.07) is 14.6. The van der Waals surface area contributed by atoms with Crippen molar-refractivity contribution in [2.75, 3.05) is 66.1 Å². The van der Waals surface area contributed by atoms with Crippen LogP contribution >= 0.6 is 0 Å². The Morgan fingerprint density at radius 3 is 1.82 bits per heavy atom. The van der Waals surface area contributed by atoms with Crippen molar-refractivity contribution in [1.82, 2.24) is 0 Å². The summed E-state index contributed by atoms with van der Waals surface area (Å²) in [6.07, 6.45) is 0. The Morgan fingerprint density at radius 1 is 0.576 bits per heavy atom. The molecule has 0 saturated heterocycles. The van der Waals surface area contributed by atoms with Crippen LogP contribution in [0.15, 0.2) is 57.7 Å². The summed E-state index contributed by atoms with van der Waals surface area (Å²) in [5.74, 6) is 1.08. The predicted octanol–water partition coefficient (Wildman–Crippen LogP) is 3.30. The highest BCUT2D eigenvalue weighted by atomic mass is 16.6. The number of hydrogen-bond donors (Lipinski definition) is 0. The fourth-order valence-electron chi connectivity index (χ4n) is 3.35. The second-order valence-electron chi connectivity index (χ2n) is 7.29. The second kappa shape index (κ2) is 12.4. The molecule has 1 aliphatic rings. The van der Waals surface area contributed by atoms with E-state index >= 15 is 0 Å². The maximum absolute atomic E-state index is 12.6. The first-order chi connectivity index (χ1) is 16.3. The summed E-state index contributed by atoms with van der Waals surface area (Å²) in [5, 5.41) is 0.847. The Kier molecular flexibility index (Phi) is 8.71. The molecule has 0 spiro atoms. The third-order valence-electron chi connectivity index (χ3n) is 4.98. The standard InChI is InChI=1S/C25H28O8/c26-25-21(17-20-3-1-2-4-22(20)33-25)19-5-6-23-24(18-19)32-16-14-30-12-10-28-8-7-27-9-11-29-13-15-31-23/h1-6,17-18H,7-16H2. The van der Waals surface area contributed by atoms with Gasteiger partial charge in [0.2, 0.25) is 0 Å². The molecule has 8 heteroatoms. The summed E-state index contributed by atoms with van der Waals surface area (Å²) >= 11 is 0. The fraction of sp³-hybridized carbons (Fsp3) is 0.400. The van der Waals surface area contributed by atoms with Gasteiger partial charge < -0.3 is 32.8 Å². The van der Waals surface area contributed by atoms with E-state index < -0.39 is 5.63 Å². The number of hydrogen-bond acceptors (Lipinski definition) is 8. The number of fused-ring (bicyclic) bond motifs is 2. The van der Waals surface area contributed by atoms with Gasteiger partial charge >= 0.3 is 5.63 Å². The summed E-state index contributed by atoms with van der Waals surface area (Å²) in [6.45, 7) is 4.46. The van der Waals surface area contributed by atoms with Crippen molar-refractivity contribution in [2.24, 2.45) is 0 Å². The van der Waals surface area contributed by atoms with Gasteiger partial charge in [-0.25, -0.2) is 4.79 Å². The van der Waals surface area contributed by atoms with Crippen LogP contribution in [0.5, 0.6) is 11.5 Å². The Bertz CT molecular complexity index is 1080. The number of ether oxygens (including phenoxy) is 6. The third kappa shape index (κ3) is 6.79. The van der Waals surface area contributed by atoms with E-state index in [-0.39, 0.29) is 0 Å². The molecule has 2 heterocycles. The van der Waals surface area contributed by atoms with E-state index in [1.54, 1.807) is 18.2 Å². The first-order valence-electron chi connectivity index (χ1n) is 11.1. The number of benzene rings is 2. The first-order valence-corrected chi connectivity index (χ1v) is 11.1. The van der Waals surface area contributed by atoms with E-state index in [0.29, 0.717) is 94.3 Å². The molecular weight excluding hydrogens is 428 g/mol. The molecule has 176 valence electrons. The van der Waals surface area contributed by atoms with Crippen molar-refractivity contribution >= 4 is 11.0 Å². The summed E-state index contributed by atoms with van der Waals surface area (Å²) < 4.78 is 39.3. The molecule has 0 bridgehead atoms. The van der Waals surface area contributed by atoms with Crippen molar-refractivity contribution < 1.29 is 32.8 Å². The molecule has 1 aromatic heterocycles. The minimum absolute atomic E-state index is 0.325. The average Bonchev–Trinajstić information content (AvgIpc) is 2.83. The highest BCUT2D eigenvalue weighted by molar-refractivity contribution is 5.82. The van der Waals surface area contributed by atoms with E-state index in [9.17, 15) is 4.79 Å². The molecule has 2 aromatic carbocycles. The van der Waals surface area contributed by atoms with Crippen LogP contribution < -0.4 is 15.1 Å². The maximum Gasteiger partial charge on any atom is 0.344 e. The monoisotopic (exact) mass is 456 g/mol. The molecule has 0 aliphatic carbocycles. The van der Waals surface area contributed by atoms with E-state index in [2.05, 4.69) is 0 Å². The summed E-state index contributed by atoms with van der Waals surface area (Å²) in [7, 11) is 0. The van der Waals surface area contributed by atoms with Gasteiger partial charge in [0.15, 0.2) is 11.5 Å². The topological polar surface area (TPSA) is 85.6 Å². The molecule has 0 N–H and O–H groups in total. The van der Waals surface area contributed by atoms with E-state index in [1.165, 1.54) is 0 Å². The van der Waals surface area contributed by atoms with Crippen molar-refractivity contribution in [3.05, 3.63) is 59.0 Å². The minimum atomic E-state index is -0.409. The second-order valence-corrected chi connectivity index (χ2v) is 7.29. The summed E-state index contributed by atoms with van der Waals surface area (Å²) in [5.41, 5.74) is 1.28. The van der Waals surface area contributed by atoms with Gasteiger partial charge in [-0.1, -0.05) is 24.3 Å². The first kappa shape index (κ1) is 23.3. The Balaban J connectivity index is 1.52. The predicted molar refractivity (Wildman–Crippen MR) is 122 cm³/mol. The lowest BCUT2D eigenvalue weighted by Crippen LogP contribution is -2.16. The van der Waals surface area contributed by atoms with E-state index in [0.717, 1.165) is 5.39 Å². The molecule has 8 nitrogen and oxygen atoms in total. The molecule has 0 amide bonds. The van der Waals surface area contributed by atoms with Gasteiger partial charge in [-0.3, -0.25) is 0 Å². The van der Waals surface area contributed by atoms with Crippen LogP contribution in [0, 0.1) is 0 Å². The van der Waals surface area contributed by atoms with E-state index in [1.807, 2.05) is 30.3 Å². The Labute approximate surface area is 191 Å². The zero-order valence-corrected chi connectivity index (χ0v) is 18.5. The Hall–Kier alpha value is -2.91. The van der Waals surface area contributed by atoms with Crippen LogP contribution in [0.1, 0.15) is 0 Å². The highest BCUT2D eigenvalue weighted by Gasteiger charge is 2.13. The van der Waals surface area contributed by atoms with Crippen LogP contribution in [0.3, 0.4) is 0 Å². The van der Waals surface area contributed by atoms with Gasteiger partial charge in [-0.15, -0.1) is 0 Å². The molecule has 0 radical (unpaired) electrons. The van der Waals surface area contributed by atoms with Gasteiger partial charge in [0.25, 0.3) is 0 Å². The SMILES string of the molecule is O=c1oc2ccccc2cc1-c1ccc2c(c1)OCCOCCOCCOCCOCCO2. The lowest BCUT2D eigenvalue weighted by atomic mass is 10.1. The van der Waals surface area contributed by atoms with Gasteiger partial charge in [0.1, 0.15) is 18.8 Å². The van der Waals surface area contributed by atoms with E-state index in [4.69, 9.17) is 32.8 Å². The van der Waals surface area contributed by atoms with Gasteiger partial charge in [-0.2, -0.15) is 0 Å². The van der Waals surface area contributed by atoms with Crippen molar-refractivity contribution in [3.8, 4) is 22.6 Å². The zero-order valence-electron chi connectivity index (χ0n) is 18.5. The Morgan fingerprint density at radius 2 is 1.15 bits per heavy atom. The molecule has 33 heavy (non-hydrogen) atoms. The molecule has 0 saturated carbocycles. The number of para-hydroxylation sites is 1. The average molecular weight is 456 g/mol. The molecule has 3 aromatic rings. The molecule has 0 fully saturated rings. The van der Waals surface area contributed by atoms with Gasteiger partial charge in [0.05, 0.1) is 58.4 Å². The lowest BCUT2D eigenvalue weighted by molar-refractivity contribution is -0.00841. The number of rotatable bonds is 1. The van der Waals surface area contributed by atoms with Gasteiger partial charge in [0, 0.05) is 5.39 Å². The normalized spacial score (nSPS) is 17.2. The largest absolute Gasteiger partial charge is 0.487 e. The molecule has 1 aliphatic heterocycles. The van der Waals surface area contributed by atoms with Crippen molar-refractivity contribution in [1.29, 1.82) is 0 Å². The van der Waals surface area contributed by atoms with Crippen LogP contribution in [-0.4, -0.2) is 66.1 Å². The minimum Gasteiger partial charge on any atom is -0.487 e. The van der Waals surface area contributed by atoms with Crippen LogP contribution in [0.2, 0.25) is 0 Å². The molecule has 4 rings (SSSR count). The molecule has 0 atom stereocenters. The summed E-state index contributed by atoms with van der Waals surface area (Å²) in [4.78, 5) is 12.6. The highest BCUT2D eigenvalue weighted by Crippen LogP contribution is 2.32. The van der Waals surface area contributed by atoms with Crippen LogP contribution in [0.4, 0.5) is 0 Å². The van der Waals surface area contributed by atoms with Crippen LogP contribution in [-0.2, 0) is 18.9 Å². The van der Waals surface area contributed by atoms with Crippen molar-refractivity contribution in [2.45, 2.75) is 0 Å². The van der Waals surface area contributed by atoms with Gasteiger partial charge in [-0.05, 0) is 29.8 Å². The maximum atomic E-state index is 12.6.